The summed E-state index contributed by atoms with van der Waals surface area (Å²) in [6, 6.07) is 6.65. The molecule has 0 bridgehead atoms. The minimum atomic E-state index is -0.920. The zero-order chi connectivity index (χ0) is 29.9. The number of nitrogens with zero attached hydrogens (tertiary/aromatic N) is 6. The second kappa shape index (κ2) is 10.9. The standard InChI is InChI=1S/C30H29ClF3N7OS/c31-20-11-19-24(23(34)22(20)18-4-5-21(33)26-25(18)37-28(36)43-26)38-29(39-27(19)40-8-1-3-16(13-35)6-10-40)42-15-30-7-2-9-41(30)14-17(32)12-30/h4-5,11,16-17H,1-3,6-10,12,14-15H2,(H2,36,37)/t16?,17-,30+/m1/s1. The smallest absolute Gasteiger partial charge is 0.319 e. The monoisotopic (exact) mass is 627 g/mol. The molecule has 3 aliphatic rings. The van der Waals surface area contributed by atoms with Crippen LogP contribution < -0.4 is 15.4 Å². The maximum absolute atomic E-state index is 16.7. The van der Waals surface area contributed by atoms with Gasteiger partial charge in [0.15, 0.2) is 10.9 Å². The van der Waals surface area contributed by atoms with E-state index in [0.29, 0.717) is 49.2 Å². The molecule has 224 valence electrons. The molecule has 7 rings (SSSR count). The Morgan fingerprint density at radius 3 is 2.84 bits per heavy atom. The van der Waals surface area contributed by atoms with Gasteiger partial charge in [-0.25, -0.2) is 18.2 Å². The molecule has 0 spiro atoms. The van der Waals surface area contributed by atoms with E-state index in [1.807, 2.05) is 4.90 Å². The molecule has 2 aromatic heterocycles. The molecule has 5 heterocycles. The number of thiazole rings is 1. The van der Waals surface area contributed by atoms with Crippen molar-refractivity contribution < 1.29 is 17.9 Å². The number of hydrogen-bond donors (Lipinski definition) is 1. The number of anilines is 2. The number of hydrogen-bond acceptors (Lipinski definition) is 9. The molecule has 2 N–H and O–H groups in total. The number of rotatable bonds is 5. The van der Waals surface area contributed by atoms with Gasteiger partial charge in [-0.05, 0) is 56.8 Å². The zero-order valence-corrected chi connectivity index (χ0v) is 24.8. The molecular formula is C30H29ClF3N7OS. The van der Waals surface area contributed by atoms with Crippen molar-refractivity contribution in [1.29, 1.82) is 5.26 Å². The average molecular weight is 628 g/mol. The maximum atomic E-state index is 16.7. The molecule has 43 heavy (non-hydrogen) atoms. The van der Waals surface area contributed by atoms with Crippen LogP contribution in [0.5, 0.6) is 6.01 Å². The van der Waals surface area contributed by atoms with Crippen LogP contribution in [0.15, 0.2) is 18.2 Å². The molecule has 3 atom stereocenters. The Kier molecular flexibility index (Phi) is 7.22. The van der Waals surface area contributed by atoms with E-state index < -0.39 is 23.3 Å². The van der Waals surface area contributed by atoms with Gasteiger partial charge in [-0.1, -0.05) is 22.9 Å². The van der Waals surface area contributed by atoms with Crippen LogP contribution in [0.2, 0.25) is 5.02 Å². The van der Waals surface area contributed by atoms with Crippen molar-refractivity contribution in [2.75, 3.05) is 43.4 Å². The van der Waals surface area contributed by atoms with Gasteiger partial charge in [0.25, 0.3) is 0 Å². The molecule has 2 aromatic carbocycles. The van der Waals surface area contributed by atoms with E-state index in [-0.39, 0.29) is 50.0 Å². The number of aromatic nitrogens is 3. The van der Waals surface area contributed by atoms with Gasteiger partial charge in [-0.2, -0.15) is 15.2 Å². The van der Waals surface area contributed by atoms with E-state index >= 15 is 4.39 Å². The first-order chi connectivity index (χ1) is 20.8. The molecule has 3 aliphatic heterocycles. The number of halogens is 4. The van der Waals surface area contributed by atoms with Gasteiger partial charge in [-0.3, -0.25) is 4.90 Å². The van der Waals surface area contributed by atoms with Crippen molar-refractivity contribution in [3.8, 4) is 23.2 Å². The summed E-state index contributed by atoms with van der Waals surface area (Å²) in [7, 11) is 0. The molecule has 0 saturated carbocycles. The van der Waals surface area contributed by atoms with Crippen molar-refractivity contribution in [3.05, 3.63) is 34.9 Å². The van der Waals surface area contributed by atoms with E-state index in [1.54, 1.807) is 6.07 Å². The third-order valence-corrected chi connectivity index (χ3v) is 10.3. The van der Waals surface area contributed by atoms with E-state index in [4.69, 9.17) is 27.1 Å². The van der Waals surface area contributed by atoms with Crippen molar-refractivity contribution >= 4 is 55.0 Å². The van der Waals surface area contributed by atoms with Crippen LogP contribution in [-0.4, -0.2) is 64.3 Å². The number of nitriles is 1. The minimum absolute atomic E-state index is 0.00303. The van der Waals surface area contributed by atoms with Gasteiger partial charge in [-0.15, -0.1) is 0 Å². The largest absolute Gasteiger partial charge is 0.461 e. The lowest BCUT2D eigenvalue weighted by Gasteiger charge is -2.31. The Balaban J connectivity index is 1.36. The predicted molar refractivity (Wildman–Crippen MR) is 161 cm³/mol. The van der Waals surface area contributed by atoms with Crippen molar-refractivity contribution in [2.45, 2.75) is 50.2 Å². The fourth-order valence-electron chi connectivity index (χ4n) is 6.99. The summed E-state index contributed by atoms with van der Waals surface area (Å²) in [6.45, 7) is 2.54. The first-order valence-electron chi connectivity index (χ1n) is 14.5. The zero-order valence-electron chi connectivity index (χ0n) is 23.3. The van der Waals surface area contributed by atoms with Crippen LogP contribution in [0.3, 0.4) is 0 Å². The Morgan fingerprint density at radius 1 is 1.14 bits per heavy atom. The lowest BCUT2D eigenvalue weighted by atomic mass is 9.95. The molecule has 13 heteroatoms. The number of nitrogen functional groups attached to an aromatic ring is 1. The number of fused-ring (bicyclic) bond motifs is 3. The number of benzene rings is 2. The first-order valence-corrected chi connectivity index (χ1v) is 15.7. The van der Waals surface area contributed by atoms with Crippen molar-refractivity contribution in [3.63, 3.8) is 0 Å². The van der Waals surface area contributed by atoms with Crippen LogP contribution >= 0.6 is 22.9 Å². The lowest BCUT2D eigenvalue weighted by Crippen LogP contribution is -2.43. The van der Waals surface area contributed by atoms with E-state index in [1.165, 1.54) is 12.1 Å². The Morgan fingerprint density at radius 2 is 2.00 bits per heavy atom. The summed E-state index contributed by atoms with van der Waals surface area (Å²) < 4.78 is 52.1. The van der Waals surface area contributed by atoms with Crippen molar-refractivity contribution in [1.82, 2.24) is 19.9 Å². The summed E-state index contributed by atoms with van der Waals surface area (Å²) in [5.41, 5.74) is 5.98. The van der Waals surface area contributed by atoms with E-state index in [0.717, 1.165) is 43.6 Å². The quantitative estimate of drug-likeness (QED) is 0.267. The van der Waals surface area contributed by atoms with E-state index in [9.17, 15) is 14.0 Å². The summed E-state index contributed by atoms with van der Waals surface area (Å²) in [5, 5.41) is 10.2. The number of nitrogens with two attached hydrogens (primary N) is 1. The van der Waals surface area contributed by atoms with Gasteiger partial charge in [0, 0.05) is 48.5 Å². The normalized spacial score (nSPS) is 24.4. The topological polar surface area (TPSA) is 104 Å². The lowest BCUT2D eigenvalue weighted by molar-refractivity contribution is 0.107. The number of ether oxygens (including phenoxy) is 1. The highest BCUT2D eigenvalue weighted by atomic mass is 35.5. The highest BCUT2D eigenvalue weighted by Crippen LogP contribution is 2.44. The van der Waals surface area contributed by atoms with Gasteiger partial charge >= 0.3 is 6.01 Å². The summed E-state index contributed by atoms with van der Waals surface area (Å²) >= 11 is 7.74. The minimum Gasteiger partial charge on any atom is -0.461 e. The second-order valence-electron chi connectivity index (χ2n) is 11.7. The fourth-order valence-corrected chi connectivity index (χ4v) is 8.05. The molecule has 1 unspecified atom stereocenters. The molecular weight excluding hydrogens is 599 g/mol. The Bertz CT molecular complexity index is 1780. The van der Waals surface area contributed by atoms with Crippen LogP contribution in [0.1, 0.15) is 38.5 Å². The predicted octanol–water partition coefficient (Wildman–Crippen LogP) is 6.51. The molecule has 0 radical (unpaired) electrons. The van der Waals surface area contributed by atoms with Crippen LogP contribution in [0.4, 0.5) is 24.1 Å². The Hall–Kier alpha value is -3.40. The highest BCUT2D eigenvalue weighted by molar-refractivity contribution is 7.22. The first kappa shape index (κ1) is 28.4. The summed E-state index contributed by atoms with van der Waals surface area (Å²) in [4.78, 5) is 17.7. The number of alkyl halides is 1. The van der Waals surface area contributed by atoms with Crippen LogP contribution in [-0.2, 0) is 0 Å². The Labute approximate surface area is 255 Å². The third kappa shape index (κ3) is 4.91. The molecule has 4 aromatic rings. The third-order valence-electron chi connectivity index (χ3n) is 9.06. The van der Waals surface area contributed by atoms with Gasteiger partial charge in [0.2, 0.25) is 0 Å². The van der Waals surface area contributed by atoms with Crippen LogP contribution in [0.25, 0.3) is 32.2 Å². The summed E-state index contributed by atoms with van der Waals surface area (Å²) in [5.74, 6) is -0.838. The van der Waals surface area contributed by atoms with Gasteiger partial charge < -0.3 is 15.4 Å². The molecule has 8 nitrogen and oxygen atoms in total. The summed E-state index contributed by atoms with van der Waals surface area (Å²) in [6.07, 6.45) is 3.39. The van der Waals surface area contributed by atoms with Crippen LogP contribution in [0, 0.1) is 28.9 Å². The van der Waals surface area contributed by atoms with E-state index in [2.05, 4.69) is 20.9 Å². The fraction of sp³-hybridized carbons (Fsp3) is 0.467. The second-order valence-corrected chi connectivity index (χ2v) is 13.1. The van der Waals surface area contributed by atoms with Gasteiger partial charge in [0.1, 0.15) is 29.9 Å². The van der Waals surface area contributed by atoms with Crippen molar-refractivity contribution in [2.24, 2.45) is 5.92 Å². The maximum Gasteiger partial charge on any atom is 0.319 e. The SMILES string of the molecule is N#CC1CCCN(c2nc(OC[C@@]34CCCN3C[C@H](F)C4)nc3c(F)c(-c4ccc(F)c5sc(N)nc45)c(Cl)cc23)CC1. The molecule has 3 saturated heterocycles. The molecule has 0 aliphatic carbocycles. The highest BCUT2D eigenvalue weighted by Gasteiger charge is 2.49. The molecule has 0 amide bonds. The molecule has 3 fully saturated rings. The van der Waals surface area contributed by atoms with Gasteiger partial charge in [0.05, 0.1) is 26.8 Å². The average Bonchev–Trinajstić information content (AvgIpc) is 3.58.